The lowest BCUT2D eigenvalue weighted by atomic mass is 10.2. The van der Waals surface area contributed by atoms with Crippen molar-refractivity contribution in [3.05, 3.63) is 34.6 Å². The van der Waals surface area contributed by atoms with E-state index in [1.165, 1.54) is 12.4 Å². The van der Waals surface area contributed by atoms with E-state index in [1.54, 1.807) is 12.1 Å². The van der Waals surface area contributed by atoms with Gasteiger partial charge in [0.25, 0.3) is 5.69 Å². The van der Waals surface area contributed by atoms with E-state index in [1.807, 2.05) is 6.92 Å². The number of aromatic nitrogens is 2. The number of para-hydroxylation sites is 1. The van der Waals surface area contributed by atoms with Crippen molar-refractivity contribution in [2.75, 3.05) is 6.61 Å². The third-order valence-electron chi connectivity index (χ3n) is 2.08. The lowest BCUT2D eigenvalue weighted by Gasteiger charge is -2.04. The van der Waals surface area contributed by atoms with Crippen molar-refractivity contribution in [2.24, 2.45) is 0 Å². The first kappa shape index (κ1) is 10.3. The molecule has 6 heteroatoms. The number of nitrogens with zero attached hydrogens (tertiary/aromatic N) is 3. The maximum atomic E-state index is 10.8. The number of benzene rings is 1. The van der Waals surface area contributed by atoms with Crippen molar-refractivity contribution in [3.8, 4) is 5.88 Å². The molecule has 0 amide bonds. The molecule has 0 fully saturated rings. The highest BCUT2D eigenvalue weighted by atomic mass is 16.6. The fourth-order valence-electron chi connectivity index (χ4n) is 1.45. The third kappa shape index (κ3) is 1.65. The number of rotatable bonds is 3. The second-order valence-corrected chi connectivity index (χ2v) is 3.04. The van der Waals surface area contributed by atoms with Crippen LogP contribution in [-0.4, -0.2) is 21.5 Å². The highest BCUT2D eigenvalue weighted by Crippen LogP contribution is 2.28. The standard InChI is InChI=1S/C10H9N3O3/c1-2-16-10-7-4-3-5-8(13(14)15)9(7)11-6-12-10/h3-6H,2H2,1H3. The lowest BCUT2D eigenvalue weighted by molar-refractivity contribution is -0.383. The Labute approximate surface area is 91.0 Å². The van der Waals surface area contributed by atoms with E-state index in [9.17, 15) is 10.1 Å². The van der Waals surface area contributed by atoms with Crippen LogP contribution < -0.4 is 4.74 Å². The molecule has 2 aromatic rings. The minimum atomic E-state index is -0.467. The van der Waals surface area contributed by atoms with Gasteiger partial charge in [-0.15, -0.1) is 0 Å². The molecule has 1 aromatic heterocycles. The molecule has 0 unspecified atom stereocenters. The van der Waals surface area contributed by atoms with Crippen LogP contribution in [0, 0.1) is 10.1 Å². The Morgan fingerprint density at radius 2 is 2.25 bits per heavy atom. The van der Waals surface area contributed by atoms with E-state index in [4.69, 9.17) is 4.74 Å². The van der Waals surface area contributed by atoms with Gasteiger partial charge in [-0.05, 0) is 13.0 Å². The number of fused-ring (bicyclic) bond motifs is 1. The molecule has 6 nitrogen and oxygen atoms in total. The molecule has 1 heterocycles. The van der Waals surface area contributed by atoms with Gasteiger partial charge in [-0.3, -0.25) is 10.1 Å². The number of non-ortho nitro benzene ring substituents is 1. The topological polar surface area (TPSA) is 78.2 Å². The van der Waals surface area contributed by atoms with Gasteiger partial charge in [0.1, 0.15) is 6.33 Å². The Hall–Kier alpha value is -2.24. The molecule has 1 aromatic carbocycles. The first-order chi connectivity index (χ1) is 7.74. The molecule has 0 bridgehead atoms. The molecular formula is C10H9N3O3. The second kappa shape index (κ2) is 4.09. The summed E-state index contributed by atoms with van der Waals surface area (Å²) in [6.45, 7) is 2.28. The monoisotopic (exact) mass is 219 g/mol. The summed E-state index contributed by atoms with van der Waals surface area (Å²) in [6.07, 6.45) is 1.26. The number of nitro groups is 1. The maximum absolute atomic E-state index is 10.8. The number of hydrogen-bond donors (Lipinski definition) is 0. The number of ether oxygens (including phenoxy) is 1. The van der Waals surface area contributed by atoms with E-state index in [0.717, 1.165) is 0 Å². The smallest absolute Gasteiger partial charge is 0.295 e. The Morgan fingerprint density at radius 3 is 2.94 bits per heavy atom. The van der Waals surface area contributed by atoms with Gasteiger partial charge in [0.05, 0.1) is 16.9 Å². The average Bonchev–Trinajstić information content (AvgIpc) is 2.29. The highest BCUT2D eigenvalue weighted by Gasteiger charge is 2.15. The SMILES string of the molecule is CCOc1ncnc2c([N+](=O)[O-])cccc12. The molecule has 0 aliphatic heterocycles. The molecule has 0 atom stereocenters. The van der Waals surface area contributed by atoms with Gasteiger partial charge in [0, 0.05) is 6.07 Å². The number of hydrogen-bond acceptors (Lipinski definition) is 5. The Bertz CT molecular complexity index is 542. The fourth-order valence-corrected chi connectivity index (χ4v) is 1.45. The average molecular weight is 219 g/mol. The van der Waals surface area contributed by atoms with Gasteiger partial charge in [-0.2, -0.15) is 0 Å². The number of nitro benzene ring substituents is 1. The predicted molar refractivity (Wildman–Crippen MR) is 57.4 cm³/mol. The second-order valence-electron chi connectivity index (χ2n) is 3.04. The summed E-state index contributed by atoms with van der Waals surface area (Å²) < 4.78 is 5.28. The summed E-state index contributed by atoms with van der Waals surface area (Å²) in [7, 11) is 0. The minimum Gasteiger partial charge on any atom is -0.477 e. The molecule has 0 spiro atoms. The van der Waals surface area contributed by atoms with Crippen LogP contribution in [-0.2, 0) is 0 Å². The van der Waals surface area contributed by atoms with E-state index < -0.39 is 4.92 Å². The lowest BCUT2D eigenvalue weighted by Crippen LogP contribution is -1.98. The van der Waals surface area contributed by atoms with Gasteiger partial charge in [0.2, 0.25) is 5.88 Å². The van der Waals surface area contributed by atoms with Gasteiger partial charge < -0.3 is 4.74 Å². The quantitative estimate of drug-likeness (QED) is 0.582. The molecule has 0 aliphatic carbocycles. The van der Waals surface area contributed by atoms with E-state index in [-0.39, 0.29) is 5.69 Å². The first-order valence-electron chi connectivity index (χ1n) is 4.75. The molecule has 2 rings (SSSR count). The van der Waals surface area contributed by atoms with Crippen LogP contribution >= 0.6 is 0 Å². The van der Waals surface area contributed by atoms with Crippen LogP contribution in [0.4, 0.5) is 5.69 Å². The Morgan fingerprint density at radius 1 is 1.44 bits per heavy atom. The summed E-state index contributed by atoms with van der Waals surface area (Å²) in [5.41, 5.74) is 0.256. The van der Waals surface area contributed by atoms with Crippen molar-refractivity contribution >= 4 is 16.6 Å². The van der Waals surface area contributed by atoms with Gasteiger partial charge in [-0.25, -0.2) is 9.97 Å². The van der Waals surface area contributed by atoms with Crippen LogP contribution in [0.25, 0.3) is 10.9 Å². The van der Waals surface area contributed by atoms with Crippen molar-refractivity contribution in [3.63, 3.8) is 0 Å². The Balaban J connectivity index is 2.71. The van der Waals surface area contributed by atoms with E-state index in [0.29, 0.717) is 23.4 Å². The fraction of sp³-hybridized carbons (Fsp3) is 0.200. The van der Waals surface area contributed by atoms with Crippen LogP contribution in [0.1, 0.15) is 6.92 Å². The highest BCUT2D eigenvalue weighted by molar-refractivity contribution is 5.90. The molecule has 0 saturated heterocycles. The summed E-state index contributed by atoms with van der Waals surface area (Å²) in [6, 6.07) is 4.70. The molecule has 0 radical (unpaired) electrons. The van der Waals surface area contributed by atoms with Crippen LogP contribution in [0.5, 0.6) is 5.88 Å². The van der Waals surface area contributed by atoms with E-state index >= 15 is 0 Å². The molecule has 0 aliphatic rings. The van der Waals surface area contributed by atoms with Crippen LogP contribution in [0.15, 0.2) is 24.5 Å². The van der Waals surface area contributed by atoms with Gasteiger partial charge in [0.15, 0.2) is 5.52 Å². The summed E-state index contributed by atoms with van der Waals surface area (Å²) in [4.78, 5) is 18.2. The first-order valence-corrected chi connectivity index (χ1v) is 4.75. The maximum Gasteiger partial charge on any atom is 0.295 e. The predicted octanol–water partition coefficient (Wildman–Crippen LogP) is 1.94. The summed E-state index contributed by atoms with van der Waals surface area (Å²) in [5, 5.41) is 11.3. The molecule has 0 saturated carbocycles. The molecule has 82 valence electrons. The molecule has 16 heavy (non-hydrogen) atoms. The minimum absolute atomic E-state index is 0.0409. The van der Waals surface area contributed by atoms with Crippen LogP contribution in [0.3, 0.4) is 0 Å². The molecular weight excluding hydrogens is 210 g/mol. The van der Waals surface area contributed by atoms with Crippen molar-refractivity contribution in [1.29, 1.82) is 0 Å². The summed E-state index contributed by atoms with van der Waals surface area (Å²) in [5.74, 6) is 0.371. The zero-order valence-corrected chi connectivity index (χ0v) is 8.58. The largest absolute Gasteiger partial charge is 0.477 e. The third-order valence-corrected chi connectivity index (χ3v) is 2.08. The Kier molecular flexibility index (Phi) is 2.63. The molecule has 0 N–H and O–H groups in total. The van der Waals surface area contributed by atoms with Gasteiger partial charge in [-0.1, -0.05) is 6.07 Å². The normalized spacial score (nSPS) is 10.3. The summed E-state index contributed by atoms with van der Waals surface area (Å²) >= 11 is 0. The van der Waals surface area contributed by atoms with Crippen molar-refractivity contribution in [1.82, 2.24) is 9.97 Å². The van der Waals surface area contributed by atoms with Crippen LogP contribution in [0.2, 0.25) is 0 Å². The zero-order chi connectivity index (χ0) is 11.5. The van der Waals surface area contributed by atoms with Gasteiger partial charge >= 0.3 is 0 Å². The van der Waals surface area contributed by atoms with Crippen molar-refractivity contribution in [2.45, 2.75) is 6.92 Å². The van der Waals surface area contributed by atoms with Crippen molar-refractivity contribution < 1.29 is 9.66 Å². The van der Waals surface area contributed by atoms with E-state index in [2.05, 4.69) is 9.97 Å². The zero-order valence-electron chi connectivity index (χ0n) is 8.58.